The van der Waals surface area contributed by atoms with Gasteiger partial charge >= 0.3 is 0 Å². The Balaban J connectivity index is 1.90. The van der Waals surface area contributed by atoms with Crippen molar-refractivity contribution in [3.63, 3.8) is 0 Å². The Morgan fingerprint density at radius 3 is 2.40 bits per heavy atom. The van der Waals surface area contributed by atoms with E-state index in [1.54, 1.807) is 0 Å². The van der Waals surface area contributed by atoms with E-state index in [2.05, 4.69) is 59.8 Å². The minimum absolute atomic E-state index is 0.573. The number of rotatable bonds is 4. The first-order chi connectivity index (χ1) is 12.3. The molecule has 0 bridgehead atoms. The monoisotopic (exact) mass is 327 g/mol. The molecule has 0 fully saturated rings. The molecule has 0 N–H and O–H groups in total. The van der Waals surface area contributed by atoms with Crippen molar-refractivity contribution < 1.29 is 0 Å². The van der Waals surface area contributed by atoms with Gasteiger partial charge in [0, 0.05) is 17.4 Å². The molecule has 124 valence electrons. The molecule has 2 aromatic heterocycles. The van der Waals surface area contributed by atoms with Crippen LogP contribution in [0.5, 0.6) is 0 Å². The third kappa shape index (κ3) is 2.82. The van der Waals surface area contributed by atoms with Gasteiger partial charge in [-0.05, 0) is 42.2 Å². The molecule has 1 unspecified atom stereocenters. The molecule has 2 heterocycles. The number of pyridine rings is 1. The zero-order valence-electron chi connectivity index (χ0n) is 14.6. The number of nitrogens with zero attached hydrogens (tertiary/aromatic N) is 3. The van der Waals surface area contributed by atoms with Gasteiger partial charge in [0.2, 0.25) is 0 Å². The molecule has 4 rings (SSSR count). The number of fused-ring (bicyclic) bond motifs is 1. The summed E-state index contributed by atoms with van der Waals surface area (Å²) in [4.78, 5) is 9.42. The fourth-order valence-electron chi connectivity index (χ4n) is 3.12. The van der Waals surface area contributed by atoms with Crippen LogP contribution in [0.2, 0.25) is 0 Å². The summed E-state index contributed by atoms with van der Waals surface area (Å²) in [6.45, 7) is 4.48. The summed E-state index contributed by atoms with van der Waals surface area (Å²) >= 11 is 0. The first kappa shape index (κ1) is 15.6. The predicted molar refractivity (Wildman–Crippen MR) is 103 cm³/mol. The van der Waals surface area contributed by atoms with Crippen molar-refractivity contribution >= 4 is 11.2 Å². The molecule has 25 heavy (non-hydrogen) atoms. The van der Waals surface area contributed by atoms with Crippen LogP contribution in [0.25, 0.3) is 28.2 Å². The molecule has 3 nitrogen and oxygen atoms in total. The minimum atomic E-state index is 0.573. The van der Waals surface area contributed by atoms with E-state index in [1.165, 1.54) is 5.56 Å². The van der Waals surface area contributed by atoms with E-state index >= 15 is 0 Å². The molecule has 0 aliphatic rings. The molecule has 4 aromatic rings. The Bertz CT molecular complexity index is 985. The summed E-state index contributed by atoms with van der Waals surface area (Å²) in [5.41, 5.74) is 5.34. The maximum Gasteiger partial charge on any atom is 0.164 e. The van der Waals surface area contributed by atoms with E-state index in [-0.39, 0.29) is 0 Å². The predicted octanol–water partition coefficient (Wildman–Crippen LogP) is 5.60. The Labute approximate surface area is 148 Å². The molecule has 0 spiro atoms. The summed E-state index contributed by atoms with van der Waals surface area (Å²) in [5, 5.41) is 0. The highest BCUT2D eigenvalue weighted by molar-refractivity contribution is 5.79. The Morgan fingerprint density at radius 2 is 1.68 bits per heavy atom. The van der Waals surface area contributed by atoms with Gasteiger partial charge < -0.3 is 0 Å². The van der Waals surface area contributed by atoms with Gasteiger partial charge in [-0.2, -0.15) is 0 Å². The summed E-state index contributed by atoms with van der Waals surface area (Å²) < 4.78 is 2.13. The molecule has 1 atom stereocenters. The SMILES string of the molecule is CCC(C)c1ccc(-c2nc3cccnc3n2-c2ccccc2)cc1. The third-order valence-corrected chi connectivity index (χ3v) is 4.78. The van der Waals surface area contributed by atoms with Gasteiger partial charge in [-0.1, -0.05) is 56.3 Å². The number of aromatic nitrogens is 3. The Kier molecular flexibility index (Phi) is 4.06. The van der Waals surface area contributed by atoms with E-state index in [1.807, 2.05) is 36.5 Å². The third-order valence-electron chi connectivity index (χ3n) is 4.78. The van der Waals surface area contributed by atoms with Gasteiger partial charge in [0.15, 0.2) is 5.65 Å². The highest BCUT2D eigenvalue weighted by Crippen LogP contribution is 2.29. The van der Waals surface area contributed by atoms with Crippen LogP contribution in [0.3, 0.4) is 0 Å². The van der Waals surface area contributed by atoms with Gasteiger partial charge in [-0.25, -0.2) is 9.97 Å². The van der Waals surface area contributed by atoms with Crippen LogP contribution in [0.15, 0.2) is 72.9 Å². The van der Waals surface area contributed by atoms with Gasteiger partial charge in [-0.3, -0.25) is 4.57 Å². The van der Waals surface area contributed by atoms with Gasteiger partial charge in [0.1, 0.15) is 11.3 Å². The number of hydrogen-bond acceptors (Lipinski definition) is 2. The highest BCUT2D eigenvalue weighted by Gasteiger charge is 2.15. The molecular formula is C22H21N3. The minimum Gasteiger partial charge on any atom is -0.277 e. The first-order valence-electron chi connectivity index (χ1n) is 8.77. The van der Waals surface area contributed by atoms with Crippen molar-refractivity contribution in [1.82, 2.24) is 14.5 Å². The fraction of sp³-hybridized carbons (Fsp3) is 0.182. The van der Waals surface area contributed by atoms with Crippen LogP contribution >= 0.6 is 0 Å². The second kappa shape index (κ2) is 6.52. The molecule has 2 aromatic carbocycles. The van der Waals surface area contributed by atoms with Crippen LogP contribution in [-0.2, 0) is 0 Å². The van der Waals surface area contributed by atoms with E-state index in [4.69, 9.17) is 4.98 Å². The summed E-state index contributed by atoms with van der Waals surface area (Å²) in [6, 6.07) is 23.0. The van der Waals surface area contributed by atoms with Crippen LogP contribution in [0.4, 0.5) is 0 Å². The van der Waals surface area contributed by atoms with Gasteiger partial charge in [0.25, 0.3) is 0 Å². The molecule has 0 aliphatic heterocycles. The van der Waals surface area contributed by atoms with Gasteiger partial charge in [0.05, 0.1) is 0 Å². The smallest absolute Gasteiger partial charge is 0.164 e. The highest BCUT2D eigenvalue weighted by atomic mass is 15.1. The molecule has 0 radical (unpaired) electrons. The van der Waals surface area contributed by atoms with Crippen LogP contribution in [0.1, 0.15) is 31.7 Å². The molecule has 0 aliphatic carbocycles. The summed E-state index contributed by atoms with van der Waals surface area (Å²) in [7, 11) is 0. The van der Waals surface area contributed by atoms with Crippen molar-refractivity contribution in [1.29, 1.82) is 0 Å². The van der Waals surface area contributed by atoms with E-state index in [0.29, 0.717) is 5.92 Å². The van der Waals surface area contributed by atoms with Crippen LogP contribution in [-0.4, -0.2) is 14.5 Å². The van der Waals surface area contributed by atoms with Crippen molar-refractivity contribution in [2.75, 3.05) is 0 Å². The quantitative estimate of drug-likeness (QED) is 0.488. The lowest BCUT2D eigenvalue weighted by atomic mass is 9.97. The van der Waals surface area contributed by atoms with E-state index in [0.717, 1.165) is 34.7 Å². The second-order valence-corrected chi connectivity index (χ2v) is 6.38. The Hall–Kier alpha value is -2.94. The standard InChI is InChI=1S/C22H21N3/c1-3-16(2)17-11-13-18(14-12-17)21-24-20-10-7-15-23-22(20)25(21)19-8-5-4-6-9-19/h4-16H,3H2,1-2H3. The molecule has 0 saturated heterocycles. The Morgan fingerprint density at radius 1 is 0.920 bits per heavy atom. The molecule has 0 saturated carbocycles. The molecule has 3 heteroatoms. The second-order valence-electron chi connectivity index (χ2n) is 6.38. The maximum atomic E-state index is 4.85. The zero-order valence-corrected chi connectivity index (χ0v) is 14.6. The van der Waals surface area contributed by atoms with Crippen molar-refractivity contribution in [3.8, 4) is 17.1 Å². The molecule has 0 amide bonds. The number of para-hydroxylation sites is 1. The first-order valence-corrected chi connectivity index (χ1v) is 8.77. The lowest BCUT2D eigenvalue weighted by molar-refractivity contribution is 0.734. The zero-order chi connectivity index (χ0) is 17.2. The number of benzene rings is 2. The van der Waals surface area contributed by atoms with Crippen LogP contribution in [0, 0.1) is 0 Å². The van der Waals surface area contributed by atoms with Crippen molar-refractivity contribution in [2.45, 2.75) is 26.2 Å². The normalized spacial score (nSPS) is 12.4. The number of imidazole rings is 1. The molecular weight excluding hydrogens is 306 g/mol. The van der Waals surface area contributed by atoms with Crippen molar-refractivity contribution in [3.05, 3.63) is 78.5 Å². The van der Waals surface area contributed by atoms with Gasteiger partial charge in [-0.15, -0.1) is 0 Å². The van der Waals surface area contributed by atoms with E-state index in [9.17, 15) is 0 Å². The van der Waals surface area contributed by atoms with Crippen LogP contribution < -0.4 is 0 Å². The number of hydrogen-bond donors (Lipinski definition) is 0. The fourth-order valence-corrected chi connectivity index (χ4v) is 3.12. The average molecular weight is 327 g/mol. The summed E-state index contributed by atoms with van der Waals surface area (Å²) in [6.07, 6.45) is 2.96. The largest absolute Gasteiger partial charge is 0.277 e. The van der Waals surface area contributed by atoms with Crippen molar-refractivity contribution in [2.24, 2.45) is 0 Å². The lowest BCUT2D eigenvalue weighted by Gasteiger charge is -2.11. The lowest BCUT2D eigenvalue weighted by Crippen LogP contribution is -1.99. The topological polar surface area (TPSA) is 30.7 Å². The maximum absolute atomic E-state index is 4.85. The van der Waals surface area contributed by atoms with E-state index < -0.39 is 0 Å². The average Bonchev–Trinajstić information content (AvgIpc) is 3.07. The summed E-state index contributed by atoms with van der Waals surface area (Å²) in [5.74, 6) is 1.50.